The molecule has 0 aliphatic carbocycles. The van der Waals surface area contributed by atoms with E-state index in [2.05, 4.69) is 11.9 Å². The third-order valence-electron chi connectivity index (χ3n) is 3.44. The lowest BCUT2D eigenvalue weighted by Crippen LogP contribution is -2.14. The van der Waals surface area contributed by atoms with Gasteiger partial charge in [-0.25, -0.2) is 4.99 Å². The van der Waals surface area contributed by atoms with Crippen LogP contribution in [0.3, 0.4) is 0 Å². The van der Waals surface area contributed by atoms with Crippen molar-refractivity contribution in [2.45, 2.75) is 20.8 Å². The molecule has 22 heavy (non-hydrogen) atoms. The molecule has 2 aromatic rings. The molecule has 0 aromatic heterocycles. The first-order chi connectivity index (χ1) is 10.5. The Hall–Kier alpha value is -2.00. The van der Waals surface area contributed by atoms with E-state index in [4.69, 9.17) is 16.3 Å². The molecule has 0 aliphatic heterocycles. The molecule has 0 saturated carbocycles. The van der Waals surface area contributed by atoms with E-state index in [1.54, 1.807) is 0 Å². The average Bonchev–Trinajstić information content (AvgIpc) is 2.51. The van der Waals surface area contributed by atoms with Gasteiger partial charge in [0.1, 0.15) is 11.5 Å². The SMILES string of the molecule is CCN(C)C=Nc1cc(C)c(Oc2ccccc2Cl)cc1C. The summed E-state index contributed by atoms with van der Waals surface area (Å²) in [6.07, 6.45) is 1.84. The van der Waals surface area contributed by atoms with Gasteiger partial charge in [0, 0.05) is 13.6 Å². The summed E-state index contributed by atoms with van der Waals surface area (Å²) in [4.78, 5) is 6.55. The van der Waals surface area contributed by atoms with Crippen molar-refractivity contribution in [1.82, 2.24) is 4.90 Å². The maximum atomic E-state index is 6.14. The summed E-state index contributed by atoms with van der Waals surface area (Å²) in [6, 6.07) is 11.5. The van der Waals surface area contributed by atoms with E-state index in [9.17, 15) is 0 Å². The predicted molar refractivity (Wildman–Crippen MR) is 93.9 cm³/mol. The summed E-state index contributed by atoms with van der Waals surface area (Å²) < 4.78 is 5.93. The topological polar surface area (TPSA) is 24.8 Å². The third-order valence-corrected chi connectivity index (χ3v) is 3.76. The maximum Gasteiger partial charge on any atom is 0.146 e. The summed E-state index contributed by atoms with van der Waals surface area (Å²) in [5.41, 5.74) is 3.04. The second kappa shape index (κ2) is 7.32. The zero-order chi connectivity index (χ0) is 16.1. The van der Waals surface area contributed by atoms with Crippen LogP contribution in [-0.2, 0) is 0 Å². The average molecular weight is 317 g/mol. The second-order valence-electron chi connectivity index (χ2n) is 5.25. The molecule has 0 aliphatic rings. The molecular weight excluding hydrogens is 296 g/mol. The number of para-hydroxylation sites is 1. The second-order valence-corrected chi connectivity index (χ2v) is 5.66. The van der Waals surface area contributed by atoms with Gasteiger partial charge in [-0.05, 0) is 56.2 Å². The number of hydrogen-bond donors (Lipinski definition) is 0. The minimum atomic E-state index is 0.603. The summed E-state index contributed by atoms with van der Waals surface area (Å²) >= 11 is 6.14. The van der Waals surface area contributed by atoms with Crippen LogP contribution in [-0.4, -0.2) is 24.8 Å². The van der Waals surface area contributed by atoms with Crippen molar-refractivity contribution in [2.24, 2.45) is 4.99 Å². The van der Waals surface area contributed by atoms with Gasteiger partial charge >= 0.3 is 0 Å². The highest BCUT2D eigenvalue weighted by Gasteiger charge is 2.08. The van der Waals surface area contributed by atoms with Crippen LogP contribution < -0.4 is 4.74 Å². The molecule has 0 radical (unpaired) electrons. The zero-order valence-corrected chi connectivity index (χ0v) is 14.2. The number of hydrogen-bond acceptors (Lipinski definition) is 2. The Morgan fingerprint density at radius 2 is 1.86 bits per heavy atom. The summed E-state index contributed by atoms with van der Waals surface area (Å²) in [5.74, 6) is 1.46. The van der Waals surface area contributed by atoms with Crippen molar-refractivity contribution in [3.63, 3.8) is 0 Å². The molecule has 0 bridgehead atoms. The first-order valence-electron chi connectivity index (χ1n) is 7.29. The van der Waals surface area contributed by atoms with Crippen LogP contribution in [0.5, 0.6) is 11.5 Å². The Kier molecular flexibility index (Phi) is 5.45. The van der Waals surface area contributed by atoms with E-state index in [1.165, 1.54) is 0 Å². The van der Waals surface area contributed by atoms with Crippen molar-refractivity contribution in [2.75, 3.05) is 13.6 Å². The van der Waals surface area contributed by atoms with Crippen molar-refractivity contribution in [1.29, 1.82) is 0 Å². The molecule has 0 spiro atoms. The normalized spacial score (nSPS) is 11.0. The molecule has 0 saturated heterocycles. The Morgan fingerprint density at radius 3 is 2.55 bits per heavy atom. The first-order valence-corrected chi connectivity index (χ1v) is 7.67. The van der Waals surface area contributed by atoms with Crippen LogP contribution in [0.4, 0.5) is 5.69 Å². The lowest BCUT2D eigenvalue weighted by molar-refractivity contribution is 0.479. The lowest BCUT2D eigenvalue weighted by Gasteiger charge is -2.13. The van der Waals surface area contributed by atoms with Crippen molar-refractivity contribution in [3.05, 3.63) is 52.5 Å². The smallest absolute Gasteiger partial charge is 0.146 e. The van der Waals surface area contributed by atoms with E-state index in [0.29, 0.717) is 10.8 Å². The minimum Gasteiger partial charge on any atom is -0.456 e. The number of halogens is 1. The van der Waals surface area contributed by atoms with Crippen molar-refractivity contribution >= 4 is 23.6 Å². The fourth-order valence-corrected chi connectivity index (χ4v) is 2.09. The number of nitrogens with zero attached hydrogens (tertiary/aromatic N) is 2. The first kappa shape index (κ1) is 16.4. The fourth-order valence-electron chi connectivity index (χ4n) is 1.91. The van der Waals surface area contributed by atoms with Gasteiger partial charge in [-0.2, -0.15) is 0 Å². The van der Waals surface area contributed by atoms with Gasteiger partial charge in [0.15, 0.2) is 0 Å². The maximum absolute atomic E-state index is 6.14. The molecule has 4 heteroatoms. The lowest BCUT2D eigenvalue weighted by atomic mass is 10.1. The Balaban J connectivity index is 2.27. The molecule has 116 valence electrons. The number of benzene rings is 2. The molecule has 2 aromatic carbocycles. The van der Waals surface area contributed by atoms with Gasteiger partial charge in [0.05, 0.1) is 17.0 Å². The van der Waals surface area contributed by atoms with Crippen molar-refractivity contribution < 1.29 is 4.74 Å². The molecule has 0 atom stereocenters. The minimum absolute atomic E-state index is 0.603. The molecule has 0 N–H and O–H groups in total. The molecule has 0 fully saturated rings. The van der Waals surface area contributed by atoms with Gasteiger partial charge < -0.3 is 9.64 Å². The standard InChI is InChI=1S/C18H21ClN2O/c1-5-21(4)12-20-16-10-14(3)18(11-13(16)2)22-17-9-7-6-8-15(17)19/h6-12H,5H2,1-4H3. The highest BCUT2D eigenvalue weighted by Crippen LogP contribution is 2.34. The molecule has 2 rings (SSSR count). The number of aryl methyl sites for hydroxylation is 2. The third kappa shape index (κ3) is 4.01. The highest BCUT2D eigenvalue weighted by atomic mass is 35.5. The van der Waals surface area contributed by atoms with Crippen LogP contribution >= 0.6 is 11.6 Å². The van der Waals surface area contributed by atoms with Crippen LogP contribution in [0, 0.1) is 13.8 Å². The van der Waals surface area contributed by atoms with Crippen LogP contribution in [0.25, 0.3) is 0 Å². The Morgan fingerprint density at radius 1 is 1.14 bits per heavy atom. The van der Waals surface area contributed by atoms with E-state index in [0.717, 1.165) is 29.1 Å². The van der Waals surface area contributed by atoms with Gasteiger partial charge in [-0.15, -0.1) is 0 Å². The summed E-state index contributed by atoms with van der Waals surface area (Å²) in [7, 11) is 2.00. The number of rotatable bonds is 5. The van der Waals surface area contributed by atoms with E-state index < -0.39 is 0 Å². The predicted octanol–water partition coefficient (Wildman–Crippen LogP) is 5.36. The molecule has 0 amide bonds. The van der Waals surface area contributed by atoms with E-state index >= 15 is 0 Å². The zero-order valence-electron chi connectivity index (χ0n) is 13.4. The van der Waals surface area contributed by atoms with Crippen LogP contribution in [0.1, 0.15) is 18.1 Å². The summed E-state index contributed by atoms with van der Waals surface area (Å²) in [5, 5.41) is 0.603. The van der Waals surface area contributed by atoms with Crippen LogP contribution in [0.2, 0.25) is 5.02 Å². The summed E-state index contributed by atoms with van der Waals surface area (Å²) in [6.45, 7) is 7.05. The van der Waals surface area contributed by atoms with E-state index in [-0.39, 0.29) is 0 Å². The highest BCUT2D eigenvalue weighted by molar-refractivity contribution is 6.32. The fraction of sp³-hybridized carbons (Fsp3) is 0.278. The van der Waals surface area contributed by atoms with Crippen LogP contribution in [0.15, 0.2) is 41.4 Å². The Labute approximate surface area is 137 Å². The molecule has 0 unspecified atom stereocenters. The van der Waals surface area contributed by atoms with Crippen molar-refractivity contribution in [3.8, 4) is 11.5 Å². The monoisotopic (exact) mass is 316 g/mol. The van der Waals surface area contributed by atoms with Gasteiger partial charge in [0.25, 0.3) is 0 Å². The quantitative estimate of drug-likeness (QED) is 0.548. The number of aliphatic imine (C=N–C) groups is 1. The number of ether oxygens (including phenoxy) is 1. The molecule has 3 nitrogen and oxygen atoms in total. The van der Waals surface area contributed by atoms with Gasteiger partial charge in [-0.3, -0.25) is 0 Å². The molecular formula is C18H21ClN2O. The van der Waals surface area contributed by atoms with Gasteiger partial charge in [0.2, 0.25) is 0 Å². The van der Waals surface area contributed by atoms with E-state index in [1.807, 2.05) is 68.5 Å². The Bertz CT molecular complexity index is 683. The van der Waals surface area contributed by atoms with Gasteiger partial charge in [-0.1, -0.05) is 23.7 Å². The largest absolute Gasteiger partial charge is 0.456 e. The molecule has 0 heterocycles.